The summed E-state index contributed by atoms with van der Waals surface area (Å²) in [6.45, 7) is 3.62. The minimum absolute atomic E-state index is 0.0199. The van der Waals surface area contributed by atoms with E-state index in [1.807, 2.05) is 6.92 Å². The Morgan fingerprint density at radius 3 is 2.14 bits per heavy atom. The third-order valence-electron chi connectivity index (χ3n) is 5.79. The van der Waals surface area contributed by atoms with Crippen LogP contribution in [0.3, 0.4) is 0 Å². The molecule has 0 amide bonds. The summed E-state index contributed by atoms with van der Waals surface area (Å²) in [5.74, 6) is -7.56. The van der Waals surface area contributed by atoms with Crippen LogP contribution in [0, 0.1) is 11.6 Å². The van der Waals surface area contributed by atoms with Gasteiger partial charge in [0.2, 0.25) is 11.6 Å². The number of carbonyl (C=O) groups is 3. The number of anilines is 2. The molecule has 8 nitrogen and oxygen atoms in total. The van der Waals surface area contributed by atoms with Crippen LogP contribution in [0.5, 0.6) is 17.2 Å². The number of rotatable bonds is 8. The lowest BCUT2D eigenvalue weighted by Gasteiger charge is -2.24. The molecule has 0 saturated heterocycles. The Morgan fingerprint density at radius 1 is 0.919 bits per heavy atom. The van der Waals surface area contributed by atoms with Crippen LogP contribution in [0.25, 0.3) is 0 Å². The van der Waals surface area contributed by atoms with E-state index in [1.54, 1.807) is 6.92 Å². The van der Waals surface area contributed by atoms with Crippen molar-refractivity contribution >= 4 is 28.9 Å². The van der Waals surface area contributed by atoms with Gasteiger partial charge in [-0.25, -0.2) is 13.6 Å². The summed E-state index contributed by atoms with van der Waals surface area (Å²) < 4.78 is 42.4. The number of nitrogens with one attached hydrogen (secondary N) is 1. The molecule has 3 N–H and O–H groups in total. The molecular formula is C27H23F2NO7. The minimum atomic E-state index is -1.30. The molecule has 0 unspecified atom stereocenters. The van der Waals surface area contributed by atoms with Gasteiger partial charge >= 0.3 is 5.97 Å². The summed E-state index contributed by atoms with van der Waals surface area (Å²) in [6, 6.07) is 7.73. The van der Waals surface area contributed by atoms with E-state index >= 15 is 8.78 Å². The zero-order valence-electron chi connectivity index (χ0n) is 20.0. The molecule has 0 fully saturated rings. The highest BCUT2D eigenvalue weighted by Gasteiger charge is 2.41. The maximum atomic E-state index is 16.0. The third kappa shape index (κ3) is 4.46. The maximum absolute atomic E-state index is 16.0. The predicted molar refractivity (Wildman–Crippen MR) is 129 cm³/mol. The molecule has 10 heteroatoms. The standard InChI is InChI=1S/C27H23F2NO7/c1-3-5-11-37-26-22(29)20-19(24(33)17-15(31)9-10-16(32)18(17)25(20)34)21(28)23(26)30-14-8-6-7-13(12-14)27(35)36-4-2/h6-10,12,30-32H,3-5,11H2,1-2H3. The maximum Gasteiger partial charge on any atom is 0.338 e. The van der Waals surface area contributed by atoms with Crippen LogP contribution in [-0.4, -0.2) is 41.0 Å². The molecule has 0 radical (unpaired) electrons. The number of benzene rings is 3. The summed E-state index contributed by atoms with van der Waals surface area (Å²) in [4.78, 5) is 38.5. The van der Waals surface area contributed by atoms with Crippen LogP contribution < -0.4 is 10.1 Å². The second-order valence-corrected chi connectivity index (χ2v) is 8.22. The third-order valence-corrected chi connectivity index (χ3v) is 5.79. The second-order valence-electron chi connectivity index (χ2n) is 8.22. The van der Waals surface area contributed by atoms with E-state index in [0.29, 0.717) is 12.8 Å². The second kappa shape index (κ2) is 10.3. The van der Waals surface area contributed by atoms with Crippen LogP contribution in [0.4, 0.5) is 20.2 Å². The average Bonchev–Trinajstić information content (AvgIpc) is 2.87. The van der Waals surface area contributed by atoms with Crippen molar-refractivity contribution in [3.8, 4) is 17.2 Å². The van der Waals surface area contributed by atoms with E-state index in [9.17, 15) is 24.6 Å². The van der Waals surface area contributed by atoms with Crippen molar-refractivity contribution in [3.05, 3.63) is 75.8 Å². The lowest BCUT2D eigenvalue weighted by atomic mass is 9.82. The van der Waals surface area contributed by atoms with Crippen molar-refractivity contribution in [2.75, 3.05) is 18.5 Å². The number of aromatic hydroxyl groups is 2. The number of hydrogen-bond acceptors (Lipinski definition) is 8. The van der Waals surface area contributed by atoms with Gasteiger partial charge in [-0.1, -0.05) is 19.4 Å². The molecule has 3 aromatic carbocycles. The lowest BCUT2D eigenvalue weighted by molar-refractivity contribution is 0.0526. The summed E-state index contributed by atoms with van der Waals surface area (Å²) in [7, 11) is 0. The van der Waals surface area contributed by atoms with Crippen LogP contribution in [0.2, 0.25) is 0 Å². The van der Waals surface area contributed by atoms with Gasteiger partial charge in [-0.05, 0) is 43.7 Å². The highest BCUT2D eigenvalue weighted by molar-refractivity contribution is 6.31. The number of ether oxygens (including phenoxy) is 2. The molecule has 0 spiro atoms. The van der Waals surface area contributed by atoms with Gasteiger partial charge in [0.15, 0.2) is 17.4 Å². The first-order chi connectivity index (χ1) is 17.7. The molecule has 0 saturated carbocycles. The van der Waals surface area contributed by atoms with Crippen molar-refractivity contribution in [3.63, 3.8) is 0 Å². The van der Waals surface area contributed by atoms with E-state index in [-0.39, 0.29) is 24.5 Å². The number of phenols is 2. The van der Waals surface area contributed by atoms with Crippen molar-refractivity contribution < 1.29 is 42.9 Å². The molecule has 37 heavy (non-hydrogen) atoms. The normalized spacial score (nSPS) is 12.1. The largest absolute Gasteiger partial charge is 0.507 e. The molecular weight excluding hydrogens is 488 g/mol. The van der Waals surface area contributed by atoms with E-state index in [2.05, 4.69) is 5.32 Å². The van der Waals surface area contributed by atoms with Gasteiger partial charge < -0.3 is 25.0 Å². The number of ketones is 2. The average molecular weight is 511 g/mol. The van der Waals surface area contributed by atoms with Crippen molar-refractivity contribution in [2.24, 2.45) is 0 Å². The Labute approximate surface area is 210 Å². The number of carbonyl (C=O) groups excluding carboxylic acids is 3. The minimum Gasteiger partial charge on any atom is -0.507 e. The fourth-order valence-electron chi connectivity index (χ4n) is 4.03. The summed E-state index contributed by atoms with van der Waals surface area (Å²) in [6.07, 6.45) is 1.16. The fourth-order valence-corrected chi connectivity index (χ4v) is 4.03. The zero-order chi connectivity index (χ0) is 26.9. The van der Waals surface area contributed by atoms with Gasteiger partial charge in [-0.15, -0.1) is 0 Å². The van der Waals surface area contributed by atoms with Gasteiger partial charge in [-0.2, -0.15) is 0 Å². The monoisotopic (exact) mass is 511 g/mol. The highest BCUT2D eigenvalue weighted by Crippen LogP contribution is 2.45. The summed E-state index contributed by atoms with van der Waals surface area (Å²) in [5, 5.41) is 23.0. The molecule has 192 valence electrons. The molecule has 1 aliphatic rings. The Hall–Kier alpha value is -4.47. The summed E-state index contributed by atoms with van der Waals surface area (Å²) in [5.41, 5.74) is -3.36. The number of unbranched alkanes of at least 4 members (excludes halogenated alkanes) is 1. The fraction of sp³-hybridized carbons (Fsp3) is 0.222. The molecule has 0 bridgehead atoms. The predicted octanol–water partition coefficient (Wildman–Crippen LogP) is 5.25. The van der Waals surface area contributed by atoms with Gasteiger partial charge in [0.05, 0.1) is 41.0 Å². The van der Waals surface area contributed by atoms with Gasteiger partial charge in [0.25, 0.3) is 0 Å². The summed E-state index contributed by atoms with van der Waals surface area (Å²) >= 11 is 0. The molecule has 0 heterocycles. The zero-order valence-corrected chi connectivity index (χ0v) is 20.0. The first-order valence-electron chi connectivity index (χ1n) is 11.6. The SMILES string of the molecule is CCCCOc1c(F)c2c(c(F)c1Nc1cccc(C(=O)OCC)c1)C(=O)c1c(O)ccc(O)c1C2=O. The number of esters is 1. The van der Waals surface area contributed by atoms with Gasteiger partial charge in [0.1, 0.15) is 17.2 Å². The van der Waals surface area contributed by atoms with Gasteiger partial charge in [-0.3, -0.25) is 9.59 Å². The van der Waals surface area contributed by atoms with Crippen LogP contribution >= 0.6 is 0 Å². The first-order valence-corrected chi connectivity index (χ1v) is 11.6. The van der Waals surface area contributed by atoms with Gasteiger partial charge in [0, 0.05) is 5.69 Å². The van der Waals surface area contributed by atoms with Crippen molar-refractivity contribution in [1.82, 2.24) is 0 Å². The number of phenolic OH excluding ortho intramolecular Hbond substituents is 2. The highest BCUT2D eigenvalue weighted by atomic mass is 19.1. The smallest absolute Gasteiger partial charge is 0.338 e. The van der Waals surface area contributed by atoms with E-state index < -0.39 is 74.4 Å². The Kier molecular flexibility index (Phi) is 7.10. The molecule has 0 aromatic heterocycles. The van der Waals surface area contributed by atoms with Crippen LogP contribution in [-0.2, 0) is 4.74 Å². The Morgan fingerprint density at radius 2 is 1.54 bits per heavy atom. The number of fused-ring (bicyclic) bond motifs is 2. The Balaban J connectivity index is 1.91. The first kappa shape index (κ1) is 25.6. The number of hydrogen-bond donors (Lipinski definition) is 3. The van der Waals surface area contributed by atoms with Crippen molar-refractivity contribution in [1.29, 1.82) is 0 Å². The lowest BCUT2D eigenvalue weighted by Crippen LogP contribution is -2.25. The van der Waals surface area contributed by atoms with E-state index in [4.69, 9.17) is 9.47 Å². The van der Waals surface area contributed by atoms with E-state index in [0.717, 1.165) is 12.1 Å². The van der Waals surface area contributed by atoms with Crippen molar-refractivity contribution in [2.45, 2.75) is 26.7 Å². The molecule has 0 atom stereocenters. The molecule has 0 aliphatic heterocycles. The topological polar surface area (TPSA) is 122 Å². The van der Waals surface area contributed by atoms with E-state index in [1.165, 1.54) is 24.3 Å². The Bertz CT molecular complexity index is 1430. The van der Waals surface area contributed by atoms with Crippen LogP contribution in [0.1, 0.15) is 68.9 Å². The molecule has 3 aromatic rings. The molecule has 4 rings (SSSR count). The number of halogens is 2. The molecule has 1 aliphatic carbocycles. The van der Waals surface area contributed by atoms with Crippen LogP contribution in [0.15, 0.2) is 36.4 Å². The quantitative estimate of drug-likeness (QED) is 0.167.